The van der Waals surface area contributed by atoms with Gasteiger partial charge in [0.05, 0.1) is 4.92 Å². The Labute approximate surface area is 110 Å². The number of nitro groups is 1. The van der Waals surface area contributed by atoms with Crippen LogP contribution in [0.5, 0.6) is 0 Å². The third-order valence-corrected chi connectivity index (χ3v) is 2.94. The highest BCUT2D eigenvalue weighted by Crippen LogP contribution is 2.22. The van der Waals surface area contributed by atoms with E-state index in [2.05, 4.69) is 5.32 Å². The average Bonchev–Trinajstić information content (AvgIpc) is 2.39. The number of rotatable bonds is 4. The third kappa shape index (κ3) is 3.07. The minimum atomic E-state index is -0.392. The number of benzene rings is 2. The van der Waals surface area contributed by atoms with E-state index in [-0.39, 0.29) is 11.5 Å². The van der Waals surface area contributed by atoms with Crippen molar-refractivity contribution in [3.05, 3.63) is 69.5 Å². The first-order valence-electron chi connectivity index (χ1n) is 5.80. The van der Waals surface area contributed by atoms with Gasteiger partial charge in [-0.05, 0) is 36.8 Å². The smallest absolute Gasteiger partial charge is 0.272 e. The zero-order valence-electron chi connectivity index (χ0n) is 10.4. The van der Waals surface area contributed by atoms with Gasteiger partial charge in [-0.15, -0.1) is 0 Å². The number of halogens is 1. The third-order valence-electron chi connectivity index (χ3n) is 2.94. The molecule has 0 radical (unpaired) electrons. The van der Waals surface area contributed by atoms with Crippen molar-refractivity contribution >= 4 is 11.4 Å². The minimum Gasteiger partial charge on any atom is -0.381 e. The van der Waals surface area contributed by atoms with Gasteiger partial charge in [-0.3, -0.25) is 10.1 Å². The summed E-state index contributed by atoms with van der Waals surface area (Å²) < 4.78 is 12.8. The predicted molar refractivity (Wildman–Crippen MR) is 71.6 cm³/mol. The first-order valence-corrected chi connectivity index (χ1v) is 5.80. The van der Waals surface area contributed by atoms with Crippen LogP contribution in [0.4, 0.5) is 15.8 Å². The van der Waals surface area contributed by atoms with E-state index < -0.39 is 4.92 Å². The topological polar surface area (TPSA) is 55.2 Å². The second kappa shape index (κ2) is 5.48. The van der Waals surface area contributed by atoms with Crippen molar-refractivity contribution in [2.24, 2.45) is 0 Å². The Bertz CT molecular complexity index is 597. The van der Waals surface area contributed by atoms with Crippen LogP contribution in [0.1, 0.15) is 11.1 Å². The summed E-state index contributed by atoms with van der Waals surface area (Å²) in [6.45, 7) is 2.18. The summed E-state index contributed by atoms with van der Waals surface area (Å²) in [5.41, 5.74) is 2.37. The molecule has 5 heteroatoms. The molecule has 0 aliphatic heterocycles. The molecule has 0 spiro atoms. The van der Waals surface area contributed by atoms with Gasteiger partial charge in [0.2, 0.25) is 0 Å². The maximum absolute atomic E-state index is 12.8. The molecular formula is C14H13FN2O2. The van der Waals surface area contributed by atoms with Crippen LogP contribution in [0.15, 0.2) is 42.5 Å². The largest absolute Gasteiger partial charge is 0.381 e. The Morgan fingerprint density at radius 1 is 1.21 bits per heavy atom. The molecule has 0 fully saturated rings. The quantitative estimate of drug-likeness (QED) is 0.674. The highest BCUT2D eigenvalue weighted by Gasteiger charge is 2.12. The molecule has 0 amide bonds. The molecule has 19 heavy (non-hydrogen) atoms. The molecule has 0 heterocycles. The van der Waals surface area contributed by atoms with Crippen LogP contribution in [-0.2, 0) is 6.54 Å². The van der Waals surface area contributed by atoms with Crippen molar-refractivity contribution in [3.8, 4) is 0 Å². The van der Waals surface area contributed by atoms with Crippen LogP contribution in [0.2, 0.25) is 0 Å². The lowest BCUT2D eigenvalue weighted by Crippen LogP contribution is -2.03. The molecule has 0 atom stereocenters. The summed E-state index contributed by atoms with van der Waals surface area (Å²) in [6.07, 6.45) is 0. The molecule has 0 aromatic heterocycles. The van der Waals surface area contributed by atoms with Gasteiger partial charge < -0.3 is 5.32 Å². The van der Waals surface area contributed by atoms with Gasteiger partial charge in [0.15, 0.2) is 0 Å². The van der Waals surface area contributed by atoms with E-state index in [0.717, 1.165) is 11.3 Å². The van der Waals surface area contributed by atoms with E-state index in [4.69, 9.17) is 0 Å². The normalized spacial score (nSPS) is 10.2. The van der Waals surface area contributed by atoms with E-state index >= 15 is 0 Å². The molecule has 2 rings (SSSR count). The van der Waals surface area contributed by atoms with E-state index in [1.165, 1.54) is 18.2 Å². The van der Waals surface area contributed by atoms with Gasteiger partial charge in [0.25, 0.3) is 5.69 Å². The summed E-state index contributed by atoms with van der Waals surface area (Å²) in [7, 11) is 0. The predicted octanol–water partition coefficient (Wildman–Crippen LogP) is 3.65. The van der Waals surface area contributed by atoms with Crippen molar-refractivity contribution < 1.29 is 9.31 Å². The van der Waals surface area contributed by atoms with Crippen molar-refractivity contribution in [2.45, 2.75) is 13.5 Å². The molecule has 0 saturated heterocycles. The Balaban J connectivity index is 2.13. The fourth-order valence-corrected chi connectivity index (χ4v) is 1.82. The lowest BCUT2D eigenvalue weighted by Gasteiger charge is -2.09. The van der Waals surface area contributed by atoms with Crippen molar-refractivity contribution in [1.82, 2.24) is 0 Å². The summed E-state index contributed by atoms with van der Waals surface area (Å²) in [5, 5.41) is 13.9. The van der Waals surface area contributed by atoms with Crippen LogP contribution >= 0.6 is 0 Å². The zero-order valence-corrected chi connectivity index (χ0v) is 10.4. The van der Waals surface area contributed by atoms with Crippen molar-refractivity contribution in [2.75, 3.05) is 5.32 Å². The van der Waals surface area contributed by atoms with E-state index in [9.17, 15) is 14.5 Å². The molecule has 0 unspecified atom stereocenters. The molecule has 0 aliphatic rings. The van der Waals surface area contributed by atoms with Gasteiger partial charge in [0.1, 0.15) is 5.82 Å². The average molecular weight is 260 g/mol. The molecule has 2 aromatic rings. The van der Waals surface area contributed by atoms with E-state index in [0.29, 0.717) is 12.1 Å². The first-order chi connectivity index (χ1) is 9.08. The van der Waals surface area contributed by atoms with Crippen LogP contribution in [0.25, 0.3) is 0 Å². The molecule has 0 aliphatic carbocycles. The van der Waals surface area contributed by atoms with Gasteiger partial charge >= 0.3 is 0 Å². The fourth-order valence-electron chi connectivity index (χ4n) is 1.82. The van der Waals surface area contributed by atoms with Gasteiger partial charge in [-0.2, -0.15) is 0 Å². The first kappa shape index (κ1) is 13.0. The van der Waals surface area contributed by atoms with Gasteiger partial charge in [-0.1, -0.05) is 12.1 Å². The number of nitro benzene ring substituents is 1. The monoisotopic (exact) mass is 260 g/mol. The van der Waals surface area contributed by atoms with Crippen LogP contribution in [0, 0.1) is 22.9 Å². The lowest BCUT2D eigenvalue weighted by molar-refractivity contribution is -0.385. The Kier molecular flexibility index (Phi) is 3.75. The molecule has 0 bridgehead atoms. The molecule has 4 nitrogen and oxygen atoms in total. The molecule has 98 valence electrons. The van der Waals surface area contributed by atoms with Gasteiger partial charge in [-0.25, -0.2) is 4.39 Å². The maximum atomic E-state index is 12.8. The SMILES string of the molecule is Cc1c(CNc2ccc(F)cc2)cccc1[N+](=O)[O-]. The molecule has 1 N–H and O–H groups in total. The summed E-state index contributed by atoms with van der Waals surface area (Å²) in [5.74, 6) is -0.294. The summed E-state index contributed by atoms with van der Waals surface area (Å²) in [4.78, 5) is 10.4. The van der Waals surface area contributed by atoms with Crippen LogP contribution < -0.4 is 5.32 Å². The summed E-state index contributed by atoms with van der Waals surface area (Å²) >= 11 is 0. The zero-order chi connectivity index (χ0) is 13.8. The number of nitrogens with one attached hydrogen (secondary N) is 1. The Hall–Kier alpha value is -2.43. The van der Waals surface area contributed by atoms with Crippen LogP contribution in [0.3, 0.4) is 0 Å². The van der Waals surface area contributed by atoms with E-state index in [1.807, 2.05) is 6.07 Å². The standard InChI is InChI=1S/C14H13FN2O2/c1-10-11(3-2-4-14(10)17(18)19)9-16-13-7-5-12(15)6-8-13/h2-8,16H,9H2,1H3. The summed E-state index contributed by atoms with van der Waals surface area (Å²) in [6, 6.07) is 11.0. The number of anilines is 1. The number of hydrogen-bond acceptors (Lipinski definition) is 3. The number of nitrogens with zero attached hydrogens (tertiary/aromatic N) is 1. The number of hydrogen-bond donors (Lipinski definition) is 1. The molecule has 0 saturated carbocycles. The fraction of sp³-hybridized carbons (Fsp3) is 0.143. The second-order valence-corrected chi connectivity index (χ2v) is 4.18. The van der Waals surface area contributed by atoms with Crippen molar-refractivity contribution in [3.63, 3.8) is 0 Å². The molecular weight excluding hydrogens is 247 g/mol. The Morgan fingerprint density at radius 3 is 2.53 bits per heavy atom. The highest BCUT2D eigenvalue weighted by atomic mass is 19.1. The van der Waals surface area contributed by atoms with Crippen molar-refractivity contribution in [1.29, 1.82) is 0 Å². The van der Waals surface area contributed by atoms with E-state index in [1.54, 1.807) is 25.1 Å². The second-order valence-electron chi connectivity index (χ2n) is 4.18. The van der Waals surface area contributed by atoms with Gasteiger partial charge in [0, 0.05) is 23.9 Å². The Morgan fingerprint density at radius 2 is 1.89 bits per heavy atom. The highest BCUT2D eigenvalue weighted by molar-refractivity contribution is 5.48. The maximum Gasteiger partial charge on any atom is 0.272 e. The van der Waals surface area contributed by atoms with Crippen LogP contribution in [-0.4, -0.2) is 4.92 Å². The minimum absolute atomic E-state index is 0.110. The lowest BCUT2D eigenvalue weighted by atomic mass is 10.1. The molecule has 2 aromatic carbocycles.